The van der Waals surface area contributed by atoms with Crippen LogP contribution in [-0.2, 0) is 4.79 Å². The van der Waals surface area contributed by atoms with Gasteiger partial charge in [0.05, 0.1) is 0 Å². The molecule has 0 spiro atoms. The molecule has 0 saturated heterocycles. The minimum absolute atomic E-state index is 0. The van der Waals surface area contributed by atoms with E-state index in [0.717, 1.165) is 5.75 Å². The van der Waals surface area contributed by atoms with E-state index in [9.17, 15) is 9.90 Å². The van der Waals surface area contributed by atoms with Crippen molar-refractivity contribution < 1.29 is 39.5 Å². The van der Waals surface area contributed by atoms with E-state index in [2.05, 4.69) is 6.92 Å². The van der Waals surface area contributed by atoms with E-state index in [0.29, 0.717) is 5.75 Å². The Balaban J connectivity index is 0. The van der Waals surface area contributed by atoms with Gasteiger partial charge in [-0.2, -0.15) is 11.8 Å². The van der Waals surface area contributed by atoms with Gasteiger partial charge in [-0.15, -0.1) is 0 Å². The Bertz CT molecular complexity index is 143. The number of carboxylic acids is 1. The van der Waals surface area contributed by atoms with Crippen LogP contribution in [0.1, 0.15) is 51.9 Å². The van der Waals surface area contributed by atoms with Gasteiger partial charge in [-0.05, 0) is 24.3 Å². The number of hydrogen-bond acceptors (Lipinski definition) is 3. The summed E-state index contributed by atoms with van der Waals surface area (Å²) in [7, 11) is 0. The van der Waals surface area contributed by atoms with Crippen LogP contribution in [-0.4, -0.2) is 17.5 Å². The molecule has 0 heterocycles. The molecule has 0 atom stereocenters. The van der Waals surface area contributed by atoms with Gasteiger partial charge in [-0.1, -0.05) is 39.0 Å². The van der Waals surface area contributed by atoms with Gasteiger partial charge < -0.3 is 9.90 Å². The van der Waals surface area contributed by atoms with Gasteiger partial charge in [-0.3, -0.25) is 0 Å². The van der Waals surface area contributed by atoms with Gasteiger partial charge in [-0.25, -0.2) is 0 Å². The normalized spacial score (nSPS) is 9.67. The molecule has 2 nitrogen and oxygen atoms in total. The number of rotatable bonds is 10. The first-order chi connectivity index (χ1) is 6.77. The number of aliphatic carboxylic acids is 1. The molecule has 0 aromatic rings. The average molecular weight is 240 g/mol. The third-order valence-electron chi connectivity index (χ3n) is 2.09. The number of carbonyl (C=O) groups excluding carboxylic acids is 1. The van der Waals surface area contributed by atoms with Crippen LogP contribution in [0.3, 0.4) is 0 Å². The number of carbonyl (C=O) groups is 1. The van der Waals surface area contributed by atoms with Crippen molar-refractivity contribution in [2.24, 2.45) is 0 Å². The molecule has 0 amide bonds. The molecule has 0 aliphatic heterocycles. The monoisotopic (exact) mass is 240 g/mol. The summed E-state index contributed by atoms with van der Waals surface area (Å²) < 4.78 is 0. The number of hydrogen-bond donors (Lipinski definition) is 0. The zero-order valence-electron chi connectivity index (χ0n) is 10.1. The van der Waals surface area contributed by atoms with Crippen molar-refractivity contribution in [1.29, 1.82) is 0 Å². The third-order valence-corrected chi connectivity index (χ3v) is 3.16. The summed E-state index contributed by atoms with van der Waals surface area (Å²) >= 11 is 1.72. The van der Waals surface area contributed by atoms with Crippen molar-refractivity contribution in [3.63, 3.8) is 0 Å². The van der Waals surface area contributed by atoms with Crippen LogP contribution >= 0.6 is 11.8 Å². The number of carboxylic acid groups (broad SMARTS) is 1. The maximum atomic E-state index is 10.1. The summed E-state index contributed by atoms with van der Waals surface area (Å²) in [5, 5.41) is 10.1. The summed E-state index contributed by atoms with van der Waals surface area (Å²) in [4.78, 5) is 10.1. The molecule has 0 rings (SSSR count). The molecule has 0 N–H and O–H groups in total. The average Bonchev–Trinajstić information content (AvgIpc) is 2.15. The molecule has 84 valence electrons. The summed E-state index contributed by atoms with van der Waals surface area (Å²) in [5.41, 5.74) is 0. The number of thioether (sulfide) groups is 1. The van der Waals surface area contributed by atoms with Crippen LogP contribution < -0.4 is 34.7 Å². The molecule has 0 aromatic carbocycles. The van der Waals surface area contributed by atoms with E-state index in [1.807, 2.05) is 0 Å². The van der Waals surface area contributed by atoms with Crippen LogP contribution in [0, 0.1) is 0 Å². The molecule has 0 radical (unpaired) electrons. The molecule has 0 bridgehead atoms. The van der Waals surface area contributed by atoms with Crippen molar-refractivity contribution in [3.8, 4) is 0 Å². The summed E-state index contributed by atoms with van der Waals surface area (Å²) in [6, 6.07) is 0. The second-order valence-electron chi connectivity index (χ2n) is 3.50. The first kappa shape index (κ1) is 18.2. The Morgan fingerprint density at radius 1 is 1.07 bits per heavy atom. The van der Waals surface area contributed by atoms with Gasteiger partial charge in [0.1, 0.15) is 0 Å². The molecule has 0 fully saturated rings. The maximum Gasteiger partial charge on any atom is 1.00 e. The minimum Gasteiger partial charge on any atom is -0.550 e. The maximum absolute atomic E-state index is 10.1. The van der Waals surface area contributed by atoms with Crippen molar-refractivity contribution in [1.82, 2.24) is 0 Å². The molecular weight excluding hydrogens is 219 g/mol. The van der Waals surface area contributed by atoms with Crippen LogP contribution in [0.4, 0.5) is 0 Å². The Morgan fingerprint density at radius 3 is 2.27 bits per heavy atom. The van der Waals surface area contributed by atoms with Crippen LogP contribution in [0.2, 0.25) is 0 Å². The molecule has 0 aliphatic rings. The van der Waals surface area contributed by atoms with Crippen LogP contribution in [0.25, 0.3) is 0 Å². The van der Waals surface area contributed by atoms with Gasteiger partial charge in [0.25, 0.3) is 0 Å². The first-order valence-electron chi connectivity index (χ1n) is 5.55. The minimum atomic E-state index is -0.930. The van der Waals surface area contributed by atoms with Gasteiger partial charge in [0.15, 0.2) is 0 Å². The fourth-order valence-electron chi connectivity index (χ4n) is 1.24. The predicted molar refractivity (Wildman–Crippen MR) is 60.3 cm³/mol. The zero-order chi connectivity index (χ0) is 10.6. The predicted octanol–water partition coefficient (Wildman–Crippen LogP) is -0.776. The first-order valence-corrected chi connectivity index (χ1v) is 6.70. The second kappa shape index (κ2) is 14.8. The molecule has 0 aliphatic carbocycles. The summed E-state index contributed by atoms with van der Waals surface area (Å²) in [6.45, 7) is 2.22. The topological polar surface area (TPSA) is 40.1 Å². The molecule has 15 heavy (non-hydrogen) atoms. The van der Waals surface area contributed by atoms with Crippen molar-refractivity contribution in [3.05, 3.63) is 0 Å². The fourth-order valence-corrected chi connectivity index (χ4v) is 2.17. The largest absolute Gasteiger partial charge is 1.00 e. The van der Waals surface area contributed by atoms with E-state index in [1.54, 1.807) is 11.8 Å². The molecule has 4 heteroatoms. The molecular formula is C11H21NaO2S. The van der Waals surface area contributed by atoms with E-state index in [4.69, 9.17) is 0 Å². The summed E-state index contributed by atoms with van der Waals surface area (Å²) in [5.74, 6) is 0.872. The Morgan fingerprint density at radius 2 is 1.67 bits per heavy atom. The van der Waals surface area contributed by atoms with Crippen LogP contribution in [0.5, 0.6) is 0 Å². The van der Waals surface area contributed by atoms with Crippen molar-refractivity contribution in [2.75, 3.05) is 11.5 Å². The third kappa shape index (κ3) is 17.4. The van der Waals surface area contributed by atoms with Crippen molar-refractivity contribution >= 4 is 17.7 Å². The van der Waals surface area contributed by atoms with E-state index >= 15 is 0 Å². The van der Waals surface area contributed by atoms with Crippen molar-refractivity contribution in [2.45, 2.75) is 51.9 Å². The van der Waals surface area contributed by atoms with Gasteiger partial charge in [0, 0.05) is 5.97 Å². The number of unbranched alkanes of at least 4 members (excludes halogenated alkanes) is 5. The molecule has 0 unspecified atom stereocenters. The van der Waals surface area contributed by atoms with E-state index in [-0.39, 0.29) is 36.0 Å². The summed E-state index contributed by atoms with van der Waals surface area (Å²) in [6.07, 6.45) is 8.02. The Kier molecular flexibility index (Phi) is 18.0. The van der Waals surface area contributed by atoms with Crippen LogP contribution in [0.15, 0.2) is 0 Å². The van der Waals surface area contributed by atoms with Gasteiger partial charge in [0.2, 0.25) is 0 Å². The Hall–Kier alpha value is 0.820. The Labute approximate surface area is 120 Å². The second-order valence-corrected chi connectivity index (χ2v) is 4.73. The molecule has 0 saturated carbocycles. The quantitative estimate of drug-likeness (QED) is 0.372. The molecule has 0 aromatic heterocycles. The standard InChI is InChI=1S/C11H22O2S.Na/c1-2-3-4-5-6-7-9-14-10-8-11(12)13;/h2-10H2,1H3,(H,12,13);/q;+1/p-1. The SMILES string of the molecule is CCCCCCCCSCCC(=O)[O-].[Na+]. The fraction of sp³-hybridized carbons (Fsp3) is 0.909. The smallest absolute Gasteiger partial charge is 0.550 e. The van der Waals surface area contributed by atoms with E-state index < -0.39 is 5.97 Å². The van der Waals surface area contributed by atoms with E-state index in [1.165, 1.54) is 38.5 Å². The zero-order valence-corrected chi connectivity index (χ0v) is 12.9. The van der Waals surface area contributed by atoms with Gasteiger partial charge >= 0.3 is 29.6 Å².